The summed E-state index contributed by atoms with van der Waals surface area (Å²) < 4.78 is 11.7. The summed E-state index contributed by atoms with van der Waals surface area (Å²) in [5.74, 6) is -0.111. The molecule has 5 rings (SSSR count). The van der Waals surface area contributed by atoms with E-state index in [0.717, 1.165) is 32.6 Å². The highest BCUT2D eigenvalue weighted by Crippen LogP contribution is 2.27. The first kappa shape index (κ1) is 27.7. The van der Waals surface area contributed by atoms with Gasteiger partial charge in [-0.1, -0.05) is 36.4 Å². The lowest BCUT2D eigenvalue weighted by molar-refractivity contribution is -0.125. The minimum Gasteiger partial charge on any atom is -0.489 e. The molecule has 0 saturated carbocycles. The Morgan fingerprint density at radius 3 is 2.41 bits per heavy atom. The van der Waals surface area contributed by atoms with Crippen molar-refractivity contribution in [1.82, 2.24) is 19.9 Å². The molecule has 2 heterocycles. The zero-order valence-corrected chi connectivity index (χ0v) is 23.0. The Kier molecular flexibility index (Phi) is 8.19. The number of aromatic nitrogens is 2. The summed E-state index contributed by atoms with van der Waals surface area (Å²) in [4.78, 5) is 51.7. The van der Waals surface area contributed by atoms with Crippen molar-refractivity contribution >= 4 is 11.8 Å². The number of piperidine rings is 1. The Hall–Kier alpha value is -4.86. The van der Waals surface area contributed by atoms with Crippen molar-refractivity contribution in [3.63, 3.8) is 0 Å². The third-order valence-electron chi connectivity index (χ3n) is 7.39. The molecule has 1 aromatic heterocycles. The van der Waals surface area contributed by atoms with E-state index in [0.29, 0.717) is 43.9 Å². The van der Waals surface area contributed by atoms with Gasteiger partial charge in [0.15, 0.2) is 0 Å². The number of carbonyl (C=O) groups excluding carboxylic acids is 2. The molecule has 0 radical (unpaired) electrons. The number of rotatable bonds is 8. The highest BCUT2D eigenvalue weighted by Gasteiger charge is 2.27. The van der Waals surface area contributed by atoms with Crippen LogP contribution < -0.4 is 21.5 Å². The first-order valence-electron chi connectivity index (χ1n) is 13.5. The van der Waals surface area contributed by atoms with Gasteiger partial charge in [-0.25, -0.2) is 14.6 Å². The van der Waals surface area contributed by atoms with Gasteiger partial charge in [-0.15, -0.1) is 4.74 Å². The minimum atomic E-state index is -0.785. The second kappa shape index (κ2) is 12.1. The topological polar surface area (TPSA) is 127 Å². The maximum absolute atomic E-state index is 13.1. The van der Waals surface area contributed by atoms with Crippen LogP contribution in [0.3, 0.4) is 0 Å². The fourth-order valence-corrected chi connectivity index (χ4v) is 5.12. The van der Waals surface area contributed by atoms with Crippen LogP contribution in [0.4, 0.5) is 0 Å². The van der Waals surface area contributed by atoms with E-state index in [4.69, 9.17) is 9.26 Å². The van der Waals surface area contributed by atoms with E-state index in [1.165, 1.54) is 0 Å². The number of carbonyl (C=O) groups is 2. The molecule has 1 aliphatic rings. The van der Waals surface area contributed by atoms with Crippen LogP contribution in [0.5, 0.6) is 5.75 Å². The van der Waals surface area contributed by atoms with Gasteiger partial charge in [0.25, 0.3) is 5.91 Å². The molecule has 0 atom stereocenters. The Morgan fingerprint density at radius 2 is 1.76 bits per heavy atom. The van der Waals surface area contributed by atoms with Gasteiger partial charge in [0.1, 0.15) is 12.4 Å². The summed E-state index contributed by atoms with van der Waals surface area (Å²) in [6.45, 7) is 3.66. The predicted octanol–water partition coefficient (Wildman–Crippen LogP) is 3.33. The van der Waals surface area contributed by atoms with E-state index in [1.54, 1.807) is 19.2 Å². The van der Waals surface area contributed by atoms with Gasteiger partial charge in [0.2, 0.25) is 5.91 Å². The highest BCUT2D eigenvalue weighted by atomic mass is 16.5. The number of ether oxygens (including phenoxy) is 1. The second-order valence-electron chi connectivity index (χ2n) is 10.2. The number of benzene rings is 3. The van der Waals surface area contributed by atoms with Crippen LogP contribution >= 0.6 is 0 Å². The van der Waals surface area contributed by atoms with E-state index in [-0.39, 0.29) is 24.3 Å². The molecule has 0 bridgehead atoms. The molecule has 0 unspecified atom stereocenters. The lowest BCUT2D eigenvalue weighted by atomic mass is 9.94. The van der Waals surface area contributed by atoms with Crippen LogP contribution in [0, 0.1) is 12.8 Å². The van der Waals surface area contributed by atoms with Crippen LogP contribution in [-0.4, -0.2) is 46.6 Å². The first-order valence-corrected chi connectivity index (χ1v) is 13.5. The molecule has 4 aromatic rings. The maximum Gasteiger partial charge on any atom is 0.440 e. The number of hydrogen-bond donors (Lipinski definition) is 2. The fourth-order valence-electron chi connectivity index (χ4n) is 5.12. The molecular weight excluding hydrogens is 524 g/mol. The van der Waals surface area contributed by atoms with Crippen molar-refractivity contribution in [2.75, 3.05) is 20.1 Å². The number of aryl methyl sites for hydroxylation is 1. The summed E-state index contributed by atoms with van der Waals surface area (Å²) in [6.07, 6.45) is 1.35. The summed E-state index contributed by atoms with van der Waals surface area (Å²) in [5.41, 5.74) is 4.91. The zero-order valence-electron chi connectivity index (χ0n) is 23.0. The first-order chi connectivity index (χ1) is 19.8. The number of hydrogen-bond acceptors (Lipinski definition) is 6. The molecule has 3 aromatic carbocycles. The van der Waals surface area contributed by atoms with Crippen molar-refractivity contribution in [2.45, 2.75) is 32.9 Å². The average molecular weight is 557 g/mol. The van der Waals surface area contributed by atoms with E-state index in [2.05, 4.69) is 16.4 Å². The lowest BCUT2D eigenvalue weighted by Gasteiger charge is -2.31. The number of likely N-dealkylation sites (tertiary alicyclic amines) is 1. The van der Waals surface area contributed by atoms with Crippen molar-refractivity contribution in [2.24, 2.45) is 5.92 Å². The van der Waals surface area contributed by atoms with Crippen molar-refractivity contribution in [3.05, 3.63) is 110 Å². The van der Waals surface area contributed by atoms with Crippen LogP contribution in [-0.2, 0) is 17.9 Å². The number of nitrogens with one attached hydrogen (secondary N) is 2. The van der Waals surface area contributed by atoms with Crippen LogP contribution in [0.1, 0.15) is 39.9 Å². The summed E-state index contributed by atoms with van der Waals surface area (Å²) >= 11 is 0. The Bertz CT molecular complexity index is 1660. The second-order valence-corrected chi connectivity index (χ2v) is 10.2. The standard InChI is InChI=1S/C31H32N4O6/c1-20-16-25(29(37)34-14-12-23(13-15-34)28(36)32-2)8-11-27(20)24-5-3-4-22(17-24)19-40-26-9-6-21(7-10-26)18-35-30(38)33-31(39)41-35/h3-11,16-17,23H,12-15,18-19H2,1-2H3,(H,32,36)(H,33,38,39). The van der Waals surface area contributed by atoms with Gasteiger partial charge in [0, 0.05) is 31.6 Å². The molecule has 41 heavy (non-hydrogen) atoms. The van der Waals surface area contributed by atoms with Gasteiger partial charge in [-0.05, 0) is 77.9 Å². The molecule has 1 aliphatic heterocycles. The Labute approximate surface area is 236 Å². The maximum atomic E-state index is 13.1. The smallest absolute Gasteiger partial charge is 0.440 e. The number of aromatic amines is 1. The molecule has 0 aliphatic carbocycles. The molecule has 10 heteroatoms. The SMILES string of the molecule is CNC(=O)C1CCN(C(=O)c2ccc(-c3cccc(COc4ccc(Cn5oc(=O)[nH]c5=O)cc4)c3)c(C)c2)CC1. The minimum absolute atomic E-state index is 0.00659. The average Bonchev–Trinajstić information content (AvgIpc) is 3.31. The van der Waals surface area contributed by atoms with E-state index < -0.39 is 11.4 Å². The monoisotopic (exact) mass is 556 g/mol. The van der Waals surface area contributed by atoms with Crippen LogP contribution in [0.25, 0.3) is 11.1 Å². The normalized spacial score (nSPS) is 13.7. The molecule has 1 saturated heterocycles. The molecule has 212 valence electrons. The Morgan fingerprint density at radius 1 is 1.00 bits per heavy atom. The predicted molar refractivity (Wildman–Crippen MR) is 153 cm³/mol. The molecule has 2 amide bonds. The van der Waals surface area contributed by atoms with E-state index in [9.17, 15) is 19.2 Å². The lowest BCUT2D eigenvalue weighted by Crippen LogP contribution is -2.42. The zero-order chi connectivity index (χ0) is 28.9. The van der Waals surface area contributed by atoms with Crippen molar-refractivity contribution in [3.8, 4) is 16.9 Å². The summed E-state index contributed by atoms with van der Waals surface area (Å²) in [7, 11) is 1.65. The number of H-pyrrole nitrogens is 1. The van der Waals surface area contributed by atoms with Crippen molar-refractivity contribution < 1.29 is 18.8 Å². The van der Waals surface area contributed by atoms with Gasteiger partial charge in [-0.2, -0.15) is 0 Å². The quantitative estimate of drug-likeness (QED) is 0.343. The fraction of sp³-hybridized carbons (Fsp3) is 0.290. The van der Waals surface area contributed by atoms with Crippen molar-refractivity contribution in [1.29, 1.82) is 0 Å². The molecule has 1 fully saturated rings. The number of amides is 2. The summed E-state index contributed by atoms with van der Waals surface area (Å²) in [5, 5.41) is 2.70. The highest BCUT2D eigenvalue weighted by molar-refractivity contribution is 5.95. The van der Waals surface area contributed by atoms with E-state index in [1.807, 2.05) is 60.4 Å². The third kappa shape index (κ3) is 6.49. The third-order valence-corrected chi connectivity index (χ3v) is 7.39. The number of nitrogens with zero attached hydrogens (tertiary/aromatic N) is 2. The van der Waals surface area contributed by atoms with Crippen LogP contribution in [0.15, 0.2) is 80.8 Å². The van der Waals surface area contributed by atoms with Gasteiger partial charge < -0.3 is 19.5 Å². The molecule has 2 N–H and O–H groups in total. The Balaban J connectivity index is 1.20. The molecular formula is C31H32N4O6. The van der Waals surface area contributed by atoms with E-state index >= 15 is 0 Å². The van der Waals surface area contributed by atoms with Gasteiger partial charge in [-0.3, -0.25) is 9.59 Å². The van der Waals surface area contributed by atoms with Gasteiger partial charge >= 0.3 is 11.4 Å². The van der Waals surface area contributed by atoms with Gasteiger partial charge in [0.05, 0.1) is 6.54 Å². The summed E-state index contributed by atoms with van der Waals surface area (Å²) in [6, 6.07) is 21.1. The molecule has 10 nitrogen and oxygen atoms in total. The molecule has 0 spiro atoms. The van der Waals surface area contributed by atoms with Crippen LogP contribution in [0.2, 0.25) is 0 Å². The largest absolute Gasteiger partial charge is 0.489 e.